The van der Waals surface area contributed by atoms with Crippen LogP contribution in [0.25, 0.3) is 0 Å². The minimum absolute atomic E-state index is 0.0214. The number of carbonyl (C=O) groups is 3. The summed E-state index contributed by atoms with van der Waals surface area (Å²) in [6.07, 6.45) is 4.90. The monoisotopic (exact) mass is 561 g/mol. The molecule has 6 aliphatic rings. The molecule has 7 rings (SSSR count). The summed E-state index contributed by atoms with van der Waals surface area (Å²) < 4.78 is 0. The summed E-state index contributed by atoms with van der Waals surface area (Å²) >= 11 is 0. The fraction of sp³-hybridized carbons (Fsp3) is 0.688. The van der Waals surface area contributed by atoms with Crippen LogP contribution in [0.2, 0.25) is 0 Å². The van der Waals surface area contributed by atoms with E-state index in [-0.39, 0.29) is 46.9 Å². The van der Waals surface area contributed by atoms with Crippen LogP contribution < -0.4 is 16.0 Å². The second kappa shape index (κ2) is 9.53. The number of likely N-dealkylation sites (tertiary alicyclic amines) is 1. The average molecular weight is 562 g/mol. The molecular weight excluding hydrogens is 518 g/mol. The number of aliphatic hydroxyl groups is 1. The van der Waals surface area contributed by atoms with Crippen LogP contribution in [-0.4, -0.2) is 58.6 Å². The number of hydrogen-bond donors (Lipinski definition) is 4. The molecule has 4 saturated carbocycles. The Morgan fingerprint density at radius 2 is 1.88 bits per heavy atom. The third kappa shape index (κ3) is 4.93. The Morgan fingerprint density at radius 1 is 1.20 bits per heavy atom. The van der Waals surface area contributed by atoms with Crippen molar-refractivity contribution in [2.24, 2.45) is 22.2 Å². The lowest BCUT2D eigenvalue weighted by atomic mass is 9.35. The van der Waals surface area contributed by atoms with Crippen molar-refractivity contribution in [3.8, 4) is 6.07 Å². The van der Waals surface area contributed by atoms with Crippen molar-refractivity contribution >= 4 is 23.4 Å². The van der Waals surface area contributed by atoms with Gasteiger partial charge in [-0.05, 0) is 66.9 Å². The molecule has 1 aromatic carbocycles. The van der Waals surface area contributed by atoms with Crippen LogP contribution in [0.15, 0.2) is 24.3 Å². The van der Waals surface area contributed by atoms with Crippen LogP contribution in [0.1, 0.15) is 84.6 Å². The highest BCUT2D eigenvalue weighted by atomic mass is 16.3. The maximum Gasteiger partial charge on any atom is 0.242 e. The highest BCUT2D eigenvalue weighted by Gasteiger charge is 2.69. The molecule has 9 nitrogen and oxygen atoms in total. The number of para-hydroxylation sites is 1. The van der Waals surface area contributed by atoms with Crippen LogP contribution >= 0.6 is 0 Å². The number of amides is 3. The number of carbonyl (C=O) groups excluding carboxylic acids is 3. The van der Waals surface area contributed by atoms with Gasteiger partial charge < -0.3 is 21.1 Å². The molecule has 220 valence electrons. The smallest absolute Gasteiger partial charge is 0.242 e. The van der Waals surface area contributed by atoms with Crippen LogP contribution in [0.3, 0.4) is 0 Å². The van der Waals surface area contributed by atoms with Crippen molar-refractivity contribution in [2.45, 2.75) is 109 Å². The van der Waals surface area contributed by atoms with Gasteiger partial charge in [-0.25, -0.2) is 0 Å². The standard InChI is InChI=1S/C32H43N5O4/c1-29(2,3)13-24(34-25(38)23(11-19-9-10-19)36-27(40)31-15-30(4,16-31)17-31)26(39)37-18-32(12-20(37)14-33)21-7-5-6-8-22(21)35-28(32)41/h5-8,19-20,23-24,26,39H,9-13,15-18H2,1-4H3,(H,34,38)(H,35,41)(H,36,40)/t20-,23-,24-,26?,30?,31?,32-/m0/s1. The summed E-state index contributed by atoms with van der Waals surface area (Å²) in [5.74, 6) is -0.0562. The van der Waals surface area contributed by atoms with Crippen LogP contribution in [0.5, 0.6) is 0 Å². The zero-order valence-corrected chi connectivity index (χ0v) is 24.6. The zero-order valence-electron chi connectivity index (χ0n) is 24.6. The van der Waals surface area contributed by atoms with E-state index in [4.69, 9.17) is 0 Å². The third-order valence-electron chi connectivity index (χ3n) is 10.2. The van der Waals surface area contributed by atoms with Crippen molar-refractivity contribution in [3.05, 3.63) is 29.8 Å². The molecule has 0 aromatic heterocycles. The van der Waals surface area contributed by atoms with E-state index in [9.17, 15) is 24.8 Å². The van der Waals surface area contributed by atoms with Gasteiger partial charge in [0.1, 0.15) is 18.3 Å². The van der Waals surface area contributed by atoms with Gasteiger partial charge in [-0.1, -0.05) is 58.7 Å². The second-order valence-electron chi connectivity index (χ2n) is 15.2. The fourth-order valence-electron chi connectivity index (χ4n) is 8.24. The molecule has 2 heterocycles. The molecule has 2 aliphatic heterocycles. The lowest BCUT2D eigenvalue weighted by Crippen LogP contribution is -2.68. The average Bonchev–Trinajstić information content (AvgIpc) is 3.54. The molecule has 41 heavy (non-hydrogen) atoms. The normalized spacial score (nSPS) is 34.0. The molecule has 2 bridgehead atoms. The van der Waals surface area contributed by atoms with Gasteiger partial charge in [-0.15, -0.1) is 0 Å². The number of rotatable bonds is 9. The number of nitriles is 1. The van der Waals surface area contributed by atoms with Crippen LogP contribution in [0.4, 0.5) is 5.69 Å². The van der Waals surface area contributed by atoms with Crippen molar-refractivity contribution in [3.63, 3.8) is 0 Å². The molecule has 0 radical (unpaired) electrons. The SMILES string of the molecule is CC(C)(C)C[C@H](NC(=O)[C@H](CC1CC1)NC(=O)C12CC(C)(C1)C2)C(O)N1C[C@]2(C[C@H]1C#N)C(=O)Nc1ccccc12. The summed E-state index contributed by atoms with van der Waals surface area (Å²) in [5, 5.41) is 31.1. The third-order valence-corrected chi connectivity index (χ3v) is 10.2. The van der Waals surface area contributed by atoms with Gasteiger partial charge >= 0.3 is 0 Å². The predicted molar refractivity (Wildman–Crippen MR) is 153 cm³/mol. The quantitative estimate of drug-likeness (QED) is 0.366. The van der Waals surface area contributed by atoms with Crippen molar-refractivity contribution in [2.75, 3.05) is 11.9 Å². The van der Waals surface area contributed by atoms with Gasteiger partial charge in [-0.3, -0.25) is 19.3 Å². The summed E-state index contributed by atoms with van der Waals surface area (Å²) in [6.45, 7) is 8.51. The highest BCUT2D eigenvalue weighted by molar-refractivity contribution is 6.06. The number of nitrogens with one attached hydrogen (secondary N) is 3. The molecule has 4 N–H and O–H groups in total. The molecular formula is C32H43N5O4. The maximum absolute atomic E-state index is 13.8. The largest absolute Gasteiger partial charge is 0.376 e. The topological polar surface area (TPSA) is 135 Å². The predicted octanol–water partition coefficient (Wildman–Crippen LogP) is 3.19. The fourth-order valence-corrected chi connectivity index (χ4v) is 8.24. The van der Waals surface area contributed by atoms with E-state index < -0.39 is 29.8 Å². The van der Waals surface area contributed by atoms with E-state index in [1.54, 1.807) is 4.90 Å². The maximum atomic E-state index is 13.8. The first-order chi connectivity index (χ1) is 19.3. The second-order valence-corrected chi connectivity index (χ2v) is 15.2. The Labute approximate surface area is 242 Å². The molecule has 3 amide bonds. The van der Waals surface area contributed by atoms with Gasteiger partial charge in [-0.2, -0.15) is 5.26 Å². The lowest BCUT2D eigenvalue weighted by molar-refractivity contribution is -0.200. The first-order valence-corrected chi connectivity index (χ1v) is 15.1. The van der Waals surface area contributed by atoms with E-state index >= 15 is 0 Å². The number of benzene rings is 1. The number of hydrogen-bond acceptors (Lipinski definition) is 6. The number of anilines is 1. The molecule has 4 aliphatic carbocycles. The Morgan fingerprint density at radius 3 is 2.49 bits per heavy atom. The molecule has 5 fully saturated rings. The lowest BCUT2D eigenvalue weighted by Gasteiger charge is -2.68. The van der Waals surface area contributed by atoms with Crippen LogP contribution in [-0.2, 0) is 19.8 Å². The summed E-state index contributed by atoms with van der Waals surface area (Å²) in [4.78, 5) is 42.0. The molecule has 1 spiro atoms. The summed E-state index contributed by atoms with van der Waals surface area (Å²) in [7, 11) is 0. The molecule has 5 atom stereocenters. The number of fused-ring (bicyclic) bond motifs is 2. The van der Waals surface area contributed by atoms with Crippen molar-refractivity contribution in [1.29, 1.82) is 5.26 Å². The van der Waals surface area contributed by atoms with E-state index in [1.807, 2.05) is 45.0 Å². The van der Waals surface area contributed by atoms with Crippen LogP contribution in [0, 0.1) is 33.5 Å². The Bertz CT molecular complexity index is 1290. The molecule has 9 heteroatoms. The zero-order chi connectivity index (χ0) is 29.4. The molecule has 1 unspecified atom stereocenters. The highest BCUT2D eigenvalue weighted by Crippen LogP contribution is 2.73. The van der Waals surface area contributed by atoms with E-state index in [1.165, 1.54) is 0 Å². The van der Waals surface area contributed by atoms with Gasteiger partial charge in [0.15, 0.2) is 0 Å². The minimum Gasteiger partial charge on any atom is -0.376 e. The Kier molecular flexibility index (Phi) is 6.55. The summed E-state index contributed by atoms with van der Waals surface area (Å²) in [5.41, 5.74) is 0.368. The van der Waals surface area contributed by atoms with E-state index in [0.29, 0.717) is 18.8 Å². The first-order valence-electron chi connectivity index (χ1n) is 15.1. The van der Waals surface area contributed by atoms with Gasteiger partial charge in [0.05, 0.1) is 22.9 Å². The van der Waals surface area contributed by atoms with Gasteiger partial charge in [0, 0.05) is 12.2 Å². The van der Waals surface area contributed by atoms with E-state index in [0.717, 1.165) is 43.4 Å². The number of nitrogens with zero attached hydrogens (tertiary/aromatic N) is 2. The summed E-state index contributed by atoms with van der Waals surface area (Å²) in [6, 6.07) is 7.76. The van der Waals surface area contributed by atoms with Gasteiger partial charge in [0.25, 0.3) is 0 Å². The Balaban J connectivity index is 1.21. The van der Waals surface area contributed by atoms with Gasteiger partial charge in [0.2, 0.25) is 17.7 Å². The van der Waals surface area contributed by atoms with Crippen molar-refractivity contribution in [1.82, 2.24) is 15.5 Å². The van der Waals surface area contributed by atoms with E-state index in [2.05, 4.69) is 28.9 Å². The number of aliphatic hydroxyl groups excluding tert-OH is 1. The molecule has 1 aromatic rings. The molecule has 1 saturated heterocycles. The van der Waals surface area contributed by atoms with Crippen molar-refractivity contribution < 1.29 is 19.5 Å². The first kappa shape index (κ1) is 28.2. The Hall–Kier alpha value is -2.96. The minimum atomic E-state index is -1.18.